The summed E-state index contributed by atoms with van der Waals surface area (Å²) in [7, 11) is 0. The Morgan fingerprint density at radius 2 is 2.13 bits per heavy atom. The highest BCUT2D eigenvalue weighted by Crippen LogP contribution is 2.23. The highest BCUT2D eigenvalue weighted by atomic mass is 19.1. The van der Waals surface area contributed by atoms with Crippen molar-refractivity contribution in [2.24, 2.45) is 5.16 Å². The minimum Gasteiger partial charge on any atom is -0.382 e. The lowest BCUT2D eigenvalue weighted by molar-refractivity contribution is -0.125. The third kappa shape index (κ3) is 2.92. The van der Waals surface area contributed by atoms with Crippen molar-refractivity contribution in [3.63, 3.8) is 0 Å². The van der Waals surface area contributed by atoms with Gasteiger partial charge < -0.3 is 14.7 Å². The molecular weight excluding hydrogens is 308 g/mol. The lowest BCUT2D eigenvalue weighted by atomic mass is 10.0. The van der Waals surface area contributed by atoms with Crippen LogP contribution in [0, 0.1) is 25.5 Å². The van der Waals surface area contributed by atoms with Gasteiger partial charge in [0.15, 0.2) is 5.76 Å². The lowest BCUT2D eigenvalue weighted by Gasteiger charge is -2.09. The molecule has 0 saturated heterocycles. The first-order chi connectivity index (χ1) is 11.0. The predicted molar refractivity (Wildman–Crippen MR) is 77.0 cm³/mol. The zero-order valence-electron chi connectivity index (χ0n) is 12.4. The standard InChI is InChI=1S/C15H13F2N3O3/c1-7-14(8(2)22-19-7)18-15(21)13-6-12(20-23-13)10-5-9(16)3-4-11(10)17/h3-5,13H,6H2,1-2H3,(H,18,21)/t13-/m0/s1. The number of aryl methyl sites for hydroxylation is 2. The second-order valence-electron chi connectivity index (χ2n) is 5.15. The van der Waals surface area contributed by atoms with Gasteiger partial charge in [0.1, 0.15) is 23.0 Å². The number of carbonyl (C=O) groups is 1. The molecular formula is C15H13F2N3O3. The van der Waals surface area contributed by atoms with Crippen LogP contribution < -0.4 is 5.32 Å². The van der Waals surface area contributed by atoms with E-state index in [0.717, 1.165) is 18.2 Å². The van der Waals surface area contributed by atoms with Crippen molar-refractivity contribution in [3.8, 4) is 0 Å². The number of halogens is 2. The van der Waals surface area contributed by atoms with Gasteiger partial charge in [0.25, 0.3) is 5.91 Å². The van der Waals surface area contributed by atoms with Gasteiger partial charge in [0, 0.05) is 12.0 Å². The van der Waals surface area contributed by atoms with Crippen LogP contribution in [-0.4, -0.2) is 22.9 Å². The number of aromatic nitrogens is 1. The molecule has 0 spiro atoms. The molecule has 0 aliphatic carbocycles. The fraction of sp³-hybridized carbons (Fsp3) is 0.267. The van der Waals surface area contributed by atoms with Crippen LogP contribution in [0.15, 0.2) is 27.9 Å². The average Bonchev–Trinajstić information content (AvgIpc) is 3.12. The third-order valence-corrected chi connectivity index (χ3v) is 3.48. The molecule has 0 fully saturated rings. The highest BCUT2D eigenvalue weighted by molar-refractivity contribution is 6.06. The van der Waals surface area contributed by atoms with Crippen LogP contribution in [0.5, 0.6) is 0 Å². The molecule has 3 rings (SSSR count). The molecule has 0 saturated carbocycles. The van der Waals surface area contributed by atoms with Gasteiger partial charge in [-0.3, -0.25) is 4.79 Å². The van der Waals surface area contributed by atoms with Crippen LogP contribution in [0.25, 0.3) is 0 Å². The lowest BCUT2D eigenvalue weighted by Crippen LogP contribution is -2.28. The molecule has 6 nitrogen and oxygen atoms in total. The fourth-order valence-corrected chi connectivity index (χ4v) is 2.26. The van der Waals surface area contributed by atoms with E-state index >= 15 is 0 Å². The molecule has 0 bridgehead atoms. The minimum absolute atomic E-state index is 0.0161. The van der Waals surface area contributed by atoms with Gasteiger partial charge in [-0.05, 0) is 32.0 Å². The molecule has 0 unspecified atom stereocenters. The van der Waals surface area contributed by atoms with E-state index in [9.17, 15) is 13.6 Å². The predicted octanol–water partition coefficient (Wildman–Crippen LogP) is 2.70. The Kier molecular flexibility index (Phi) is 3.81. The van der Waals surface area contributed by atoms with E-state index in [4.69, 9.17) is 9.36 Å². The summed E-state index contributed by atoms with van der Waals surface area (Å²) < 4.78 is 31.9. The molecule has 8 heteroatoms. The molecule has 2 aromatic rings. The van der Waals surface area contributed by atoms with E-state index in [0.29, 0.717) is 17.1 Å². The second-order valence-corrected chi connectivity index (χ2v) is 5.15. The van der Waals surface area contributed by atoms with Crippen LogP contribution in [0.1, 0.15) is 23.4 Å². The van der Waals surface area contributed by atoms with Gasteiger partial charge in [-0.1, -0.05) is 10.3 Å². The van der Waals surface area contributed by atoms with Gasteiger partial charge in [-0.25, -0.2) is 8.78 Å². The number of carbonyl (C=O) groups excluding carboxylic acids is 1. The first kappa shape index (κ1) is 15.1. The molecule has 0 radical (unpaired) electrons. The number of benzene rings is 1. The van der Waals surface area contributed by atoms with Crippen molar-refractivity contribution in [2.45, 2.75) is 26.4 Å². The maximum absolute atomic E-state index is 13.7. The van der Waals surface area contributed by atoms with Crippen molar-refractivity contribution in [2.75, 3.05) is 5.32 Å². The number of oxime groups is 1. The third-order valence-electron chi connectivity index (χ3n) is 3.48. The number of hydrogen-bond donors (Lipinski definition) is 1. The first-order valence-electron chi connectivity index (χ1n) is 6.87. The Bertz CT molecular complexity index is 782. The van der Waals surface area contributed by atoms with E-state index in [1.807, 2.05) is 0 Å². The summed E-state index contributed by atoms with van der Waals surface area (Å²) in [5.74, 6) is -1.21. The number of nitrogens with zero attached hydrogens (tertiary/aromatic N) is 2. The van der Waals surface area contributed by atoms with Gasteiger partial charge >= 0.3 is 0 Å². The highest BCUT2D eigenvalue weighted by Gasteiger charge is 2.31. The maximum atomic E-state index is 13.7. The van der Waals surface area contributed by atoms with Crippen molar-refractivity contribution < 1.29 is 22.9 Å². The molecule has 1 aromatic heterocycles. The summed E-state index contributed by atoms with van der Waals surface area (Å²) in [5, 5.41) is 10.1. The summed E-state index contributed by atoms with van der Waals surface area (Å²) in [6, 6.07) is 3.04. The number of nitrogens with one attached hydrogen (secondary N) is 1. The number of anilines is 1. The molecule has 1 aromatic carbocycles. The van der Waals surface area contributed by atoms with Gasteiger partial charge in [-0.15, -0.1) is 0 Å². The van der Waals surface area contributed by atoms with Crippen molar-refractivity contribution in [1.82, 2.24) is 5.16 Å². The quantitative estimate of drug-likeness (QED) is 0.943. The van der Waals surface area contributed by atoms with Crippen LogP contribution in [0.4, 0.5) is 14.5 Å². The van der Waals surface area contributed by atoms with Gasteiger partial charge in [0.2, 0.25) is 6.10 Å². The van der Waals surface area contributed by atoms with Gasteiger partial charge in [0.05, 0.1) is 5.71 Å². The molecule has 2 heterocycles. The first-order valence-corrected chi connectivity index (χ1v) is 6.87. The number of hydrogen-bond acceptors (Lipinski definition) is 5. The molecule has 1 amide bonds. The van der Waals surface area contributed by atoms with Crippen LogP contribution in [-0.2, 0) is 9.63 Å². The molecule has 23 heavy (non-hydrogen) atoms. The summed E-state index contributed by atoms with van der Waals surface area (Å²) in [4.78, 5) is 17.2. The molecule has 1 atom stereocenters. The van der Waals surface area contributed by atoms with E-state index < -0.39 is 23.6 Å². The van der Waals surface area contributed by atoms with Crippen molar-refractivity contribution in [3.05, 3.63) is 46.9 Å². The average molecular weight is 321 g/mol. The zero-order chi connectivity index (χ0) is 16.6. The minimum atomic E-state index is -0.929. The summed E-state index contributed by atoms with van der Waals surface area (Å²) in [5.41, 5.74) is 1.16. The van der Waals surface area contributed by atoms with Crippen LogP contribution in [0.2, 0.25) is 0 Å². The number of rotatable bonds is 3. The maximum Gasteiger partial charge on any atom is 0.268 e. The van der Waals surface area contributed by atoms with Gasteiger partial charge in [-0.2, -0.15) is 0 Å². The second kappa shape index (κ2) is 5.79. The van der Waals surface area contributed by atoms with Crippen molar-refractivity contribution >= 4 is 17.3 Å². The molecule has 120 valence electrons. The Morgan fingerprint density at radius 3 is 2.83 bits per heavy atom. The van der Waals surface area contributed by atoms with E-state index in [1.54, 1.807) is 13.8 Å². The Hall–Kier alpha value is -2.77. The Morgan fingerprint density at radius 1 is 1.35 bits per heavy atom. The largest absolute Gasteiger partial charge is 0.382 e. The SMILES string of the molecule is Cc1noc(C)c1NC(=O)[C@@H]1CC(c2cc(F)ccc2F)=NO1. The smallest absolute Gasteiger partial charge is 0.268 e. The van der Waals surface area contributed by atoms with E-state index in [-0.39, 0.29) is 17.7 Å². The van der Waals surface area contributed by atoms with Crippen LogP contribution in [0.3, 0.4) is 0 Å². The summed E-state index contributed by atoms with van der Waals surface area (Å²) in [6.45, 7) is 3.35. The molecule has 1 N–H and O–H groups in total. The molecule has 1 aliphatic heterocycles. The fourth-order valence-electron chi connectivity index (χ4n) is 2.26. The zero-order valence-corrected chi connectivity index (χ0v) is 12.4. The number of amides is 1. The van der Waals surface area contributed by atoms with E-state index in [1.165, 1.54) is 0 Å². The molecule has 1 aliphatic rings. The van der Waals surface area contributed by atoms with E-state index in [2.05, 4.69) is 15.6 Å². The van der Waals surface area contributed by atoms with Crippen LogP contribution >= 0.6 is 0 Å². The topological polar surface area (TPSA) is 76.7 Å². The monoisotopic (exact) mass is 321 g/mol. The Labute approximate surface area is 130 Å². The Balaban J connectivity index is 1.71. The summed E-state index contributed by atoms with van der Waals surface area (Å²) in [6.07, 6.45) is -0.892. The normalized spacial score (nSPS) is 16.9. The van der Waals surface area contributed by atoms with Crippen molar-refractivity contribution in [1.29, 1.82) is 0 Å². The summed E-state index contributed by atoms with van der Waals surface area (Å²) >= 11 is 0.